The van der Waals surface area contributed by atoms with Crippen molar-refractivity contribution < 1.29 is 19.1 Å². The largest absolute Gasteiger partial charge is 0.466 e. The molecule has 0 unspecified atom stereocenters. The van der Waals surface area contributed by atoms with Gasteiger partial charge in [-0.15, -0.1) is 0 Å². The van der Waals surface area contributed by atoms with Gasteiger partial charge in [0.25, 0.3) is 0 Å². The lowest BCUT2D eigenvalue weighted by molar-refractivity contribution is -0.135. The summed E-state index contributed by atoms with van der Waals surface area (Å²) in [6.45, 7) is 2.67. The highest BCUT2D eigenvalue weighted by Gasteiger charge is 2.34. The molecular formula is C23H21NO4S. The van der Waals surface area contributed by atoms with Crippen LogP contribution in [-0.4, -0.2) is 50.1 Å². The van der Waals surface area contributed by atoms with Gasteiger partial charge in [-0.2, -0.15) is 0 Å². The summed E-state index contributed by atoms with van der Waals surface area (Å²) in [7, 11) is 1.31. The second-order valence-corrected chi connectivity index (χ2v) is 7.72. The van der Waals surface area contributed by atoms with Crippen molar-refractivity contribution in [2.45, 2.75) is 0 Å². The number of carbonyl (C=O) groups excluding carboxylic acids is 2. The molecule has 1 saturated heterocycles. The molecule has 0 radical (unpaired) electrons. The van der Waals surface area contributed by atoms with Gasteiger partial charge in [0.15, 0.2) is 0 Å². The van der Waals surface area contributed by atoms with Crippen LogP contribution in [0, 0.1) is 0 Å². The second-order valence-electron chi connectivity index (χ2n) is 6.69. The highest BCUT2D eigenvalue weighted by molar-refractivity contribution is 8.08. The standard InChI is InChI=1S/C23H21NO4S/c1-27-20(25)15-19-22(26)21(23(29-19)24-11-13-28-14-12-24)18-9-7-17(8-10-18)16-5-3-2-4-6-16/h2-10,15H,11-14H2,1H3/b19-15+. The van der Waals surface area contributed by atoms with Crippen molar-refractivity contribution in [2.75, 3.05) is 33.4 Å². The molecule has 0 amide bonds. The topological polar surface area (TPSA) is 55.8 Å². The van der Waals surface area contributed by atoms with Gasteiger partial charge in [0.05, 0.1) is 35.8 Å². The monoisotopic (exact) mass is 407 g/mol. The molecule has 0 N–H and O–H groups in total. The van der Waals surface area contributed by atoms with Crippen molar-refractivity contribution in [3.63, 3.8) is 0 Å². The fraction of sp³-hybridized carbons (Fsp3) is 0.217. The summed E-state index contributed by atoms with van der Waals surface area (Å²) in [5.41, 5.74) is 3.69. The molecule has 29 heavy (non-hydrogen) atoms. The van der Waals surface area contributed by atoms with E-state index >= 15 is 0 Å². The highest BCUT2D eigenvalue weighted by atomic mass is 32.2. The zero-order chi connectivity index (χ0) is 20.2. The lowest BCUT2D eigenvalue weighted by Crippen LogP contribution is -2.34. The minimum atomic E-state index is -0.525. The summed E-state index contributed by atoms with van der Waals surface area (Å²) in [6, 6.07) is 18.1. The maximum Gasteiger partial charge on any atom is 0.331 e. The van der Waals surface area contributed by atoms with Crippen molar-refractivity contribution in [2.24, 2.45) is 0 Å². The Hall–Kier alpha value is -2.83. The highest BCUT2D eigenvalue weighted by Crippen LogP contribution is 2.45. The van der Waals surface area contributed by atoms with Gasteiger partial charge in [0, 0.05) is 19.2 Å². The van der Waals surface area contributed by atoms with Crippen molar-refractivity contribution in [1.29, 1.82) is 0 Å². The van der Waals surface area contributed by atoms with E-state index in [0.717, 1.165) is 21.7 Å². The van der Waals surface area contributed by atoms with Crippen LogP contribution in [0.2, 0.25) is 0 Å². The van der Waals surface area contributed by atoms with Crippen molar-refractivity contribution in [3.8, 4) is 11.1 Å². The number of methoxy groups -OCH3 is 1. The number of benzene rings is 2. The number of nitrogens with zero attached hydrogens (tertiary/aromatic N) is 1. The van der Waals surface area contributed by atoms with Crippen LogP contribution in [0.3, 0.4) is 0 Å². The van der Waals surface area contributed by atoms with Crippen LogP contribution in [0.5, 0.6) is 0 Å². The molecule has 0 saturated carbocycles. The van der Waals surface area contributed by atoms with Gasteiger partial charge >= 0.3 is 5.97 Å². The molecule has 0 atom stereocenters. The Labute approximate surface area is 174 Å². The van der Waals surface area contributed by atoms with Gasteiger partial charge in [0.2, 0.25) is 5.78 Å². The number of ketones is 1. The Morgan fingerprint density at radius 1 is 1.00 bits per heavy atom. The number of thioether (sulfide) groups is 1. The van der Waals surface area contributed by atoms with E-state index in [-0.39, 0.29) is 5.78 Å². The third-order valence-electron chi connectivity index (χ3n) is 4.90. The number of Topliss-reactive ketones (excluding diaryl/α,β-unsaturated/α-hetero) is 1. The summed E-state index contributed by atoms with van der Waals surface area (Å²) in [6.07, 6.45) is 1.28. The molecule has 0 spiro atoms. The van der Waals surface area contributed by atoms with Gasteiger partial charge in [-0.3, -0.25) is 4.79 Å². The molecule has 148 valence electrons. The summed E-state index contributed by atoms with van der Waals surface area (Å²) in [5, 5.41) is 0.876. The van der Waals surface area contributed by atoms with Gasteiger partial charge in [-0.1, -0.05) is 66.4 Å². The van der Waals surface area contributed by atoms with Crippen LogP contribution in [-0.2, 0) is 19.1 Å². The first-order valence-electron chi connectivity index (χ1n) is 9.42. The number of esters is 1. The first-order chi connectivity index (χ1) is 14.2. The first kappa shape index (κ1) is 19.5. The number of rotatable bonds is 4. The van der Waals surface area contributed by atoms with Crippen LogP contribution in [0.1, 0.15) is 5.56 Å². The van der Waals surface area contributed by atoms with Crippen LogP contribution in [0.15, 0.2) is 70.6 Å². The van der Waals surface area contributed by atoms with E-state index in [1.54, 1.807) is 0 Å². The summed E-state index contributed by atoms with van der Waals surface area (Å²) in [5.74, 6) is -0.669. The fourth-order valence-electron chi connectivity index (χ4n) is 3.39. The fourth-order valence-corrected chi connectivity index (χ4v) is 4.57. The predicted molar refractivity (Wildman–Crippen MR) is 114 cm³/mol. The molecule has 0 bridgehead atoms. The molecule has 5 nitrogen and oxygen atoms in total. The maximum absolute atomic E-state index is 13.2. The van der Waals surface area contributed by atoms with E-state index in [1.165, 1.54) is 24.9 Å². The van der Waals surface area contributed by atoms with E-state index in [0.29, 0.717) is 36.8 Å². The summed E-state index contributed by atoms with van der Waals surface area (Å²) < 4.78 is 10.2. The number of carbonyl (C=O) groups is 2. The zero-order valence-corrected chi connectivity index (χ0v) is 16.9. The van der Waals surface area contributed by atoms with E-state index in [1.807, 2.05) is 42.5 Å². The Morgan fingerprint density at radius 3 is 2.28 bits per heavy atom. The minimum Gasteiger partial charge on any atom is -0.466 e. The Morgan fingerprint density at radius 2 is 1.62 bits per heavy atom. The molecule has 2 aliphatic rings. The SMILES string of the molecule is COC(=O)/C=C1/SC(N2CCOCC2)=C(c2ccc(-c3ccccc3)cc2)C1=O. The first-order valence-corrected chi connectivity index (χ1v) is 10.2. The number of hydrogen-bond acceptors (Lipinski definition) is 6. The third kappa shape index (κ3) is 4.13. The Kier molecular flexibility index (Phi) is 5.83. The van der Waals surface area contributed by atoms with Crippen LogP contribution < -0.4 is 0 Å². The lowest BCUT2D eigenvalue weighted by atomic mass is 9.98. The summed E-state index contributed by atoms with van der Waals surface area (Å²) in [4.78, 5) is 27.4. The number of allylic oxidation sites excluding steroid dienone is 2. The zero-order valence-electron chi connectivity index (χ0n) is 16.1. The molecule has 2 aliphatic heterocycles. The molecule has 2 aromatic rings. The molecule has 6 heteroatoms. The van der Waals surface area contributed by atoms with Crippen molar-refractivity contribution in [3.05, 3.63) is 76.2 Å². The summed E-state index contributed by atoms with van der Waals surface area (Å²) >= 11 is 1.33. The maximum atomic E-state index is 13.2. The van der Waals surface area contributed by atoms with E-state index < -0.39 is 5.97 Å². The van der Waals surface area contributed by atoms with E-state index in [4.69, 9.17) is 9.47 Å². The van der Waals surface area contributed by atoms with Crippen molar-refractivity contribution in [1.82, 2.24) is 4.90 Å². The molecule has 2 aromatic carbocycles. The molecule has 1 fully saturated rings. The van der Waals surface area contributed by atoms with Crippen LogP contribution >= 0.6 is 11.8 Å². The van der Waals surface area contributed by atoms with Crippen molar-refractivity contribution >= 4 is 29.1 Å². The quantitative estimate of drug-likeness (QED) is 0.569. The number of ether oxygens (including phenoxy) is 2. The number of hydrogen-bond donors (Lipinski definition) is 0. The molecule has 0 aliphatic carbocycles. The second kappa shape index (κ2) is 8.68. The van der Waals surface area contributed by atoms with Gasteiger partial charge < -0.3 is 14.4 Å². The Balaban J connectivity index is 1.71. The predicted octanol–water partition coefficient (Wildman–Crippen LogP) is 3.73. The van der Waals surface area contributed by atoms with Gasteiger partial charge in [0.1, 0.15) is 0 Å². The molecule has 0 aromatic heterocycles. The smallest absolute Gasteiger partial charge is 0.331 e. The molecular weight excluding hydrogens is 386 g/mol. The minimum absolute atomic E-state index is 0.144. The molecule has 2 heterocycles. The third-order valence-corrected chi connectivity index (χ3v) is 6.08. The Bertz CT molecular complexity index is 974. The van der Waals surface area contributed by atoms with E-state index in [2.05, 4.69) is 17.0 Å². The number of morpholine rings is 1. The normalized spacial score (nSPS) is 18.4. The average molecular weight is 407 g/mol. The average Bonchev–Trinajstić information content (AvgIpc) is 3.11. The van der Waals surface area contributed by atoms with Crippen LogP contribution in [0.4, 0.5) is 0 Å². The molecule has 4 rings (SSSR count). The van der Waals surface area contributed by atoms with Gasteiger partial charge in [-0.25, -0.2) is 4.79 Å². The van der Waals surface area contributed by atoms with Crippen LogP contribution in [0.25, 0.3) is 16.7 Å². The lowest BCUT2D eigenvalue weighted by Gasteiger charge is -2.29. The van der Waals surface area contributed by atoms with E-state index in [9.17, 15) is 9.59 Å². The van der Waals surface area contributed by atoms with Gasteiger partial charge in [-0.05, 0) is 16.7 Å².